The largest absolute Gasteiger partial charge is 0.512 e. The zero-order valence-corrected chi connectivity index (χ0v) is 43.6. The SMILES string of the molecule is CCC(CC)C(=O)/C=C(\O)C(CC)CC.Cc1[c-]c(-c2nccc3c(F)c(CC(C)C)ccc23)c2oc3ccccc3c2c1.Cc1[c-]c(-c2nccc3cc(CC(C)C)ccc23)cc(C)c1.[Ir]. The normalized spacial score (nSPS) is 11.7. The van der Waals surface area contributed by atoms with Crippen molar-refractivity contribution >= 4 is 49.3 Å². The number of halogens is 1. The van der Waals surface area contributed by atoms with E-state index in [4.69, 9.17) is 4.42 Å². The molecular weight excluding hydrogens is 1010 g/mol. The number of aryl methyl sites for hydroxylation is 3. The summed E-state index contributed by atoms with van der Waals surface area (Å²) >= 11 is 0. The Hall–Kier alpha value is -5.49. The van der Waals surface area contributed by atoms with Crippen LogP contribution in [0.2, 0.25) is 0 Å². The molecule has 0 bridgehead atoms. The monoisotopic (exact) mass is 1080 g/mol. The minimum atomic E-state index is -0.159. The third-order valence-corrected chi connectivity index (χ3v) is 12.3. The van der Waals surface area contributed by atoms with Crippen LogP contribution >= 0.6 is 0 Å². The Kier molecular flexibility index (Phi) is 18.8. The van der Waals surface area contributed by atoms with Crippen LogP contribution in [0.4, 0.5) is 4.39 Å². The molecule has 0 aliphatic heterocycles. The van der Waals surface area contributed by atoms with Crippen molar-refractivity contribution < 1.29 is 38.8 Å². The molecule has 3 heterocycles. The van der Waals surface area contributed by atoms with Gasteiger partial charge in [0.25, 0.3) is 0 Å². The quantitative estimate of drug-likeness (QED) is 0.0707. The first-order valence-corrected chi connectivity index (χ1v) is 23.9. The van der Waals surface area contributed by atoms with Crippen molar-refractivity contribution in [1.29, 1.82) is 0 Å². The van der Waals surface area contributed by atoms with Gasteiger partial charge in [0.2, 0.25) is 0 Å². The Morgan fingerprint density at radius 2 is 1.33 bits per heavy atom. The average Bonchev–Trinajstić information content (AvgIpc) is 3.65. The first kappa shape index (κ1) is 52.5. The number of carbonyl (C=O) groups is 1. The van der Waals surface area contributed by atoms with Crippen LogP contribution in [0, 0.1) is 62.4 Å². The maximum absolute atomic E-state index is 15.2. The summed E-state index contributed by atoms with van der Waals surface area (Å²) in [5, 5.41) is 15.7. The maximum atomic E-state index is 15.2. The molecule has 0 spiro atoms. The van der Waals surface area contributed by atoms with E-state index >= 15 is 4.39 Å². The Morgan fingerprint density at radius 3 is 2.00 bits per heavy atom. The van der Waals surface area contributed by atoms with E-state index < -0.39 is 0 Å². The molecule has 0 aliphatic carbocycles. The van der Waals surface area contributed by atoms with Crippen LogP contribution < -0.4 is 0 Å². The van der Waals surface area contributed by atoms with E-state index in [9.17, 15) is 9.90 Å². The van der Waals surface area contributed by atoms with E-state index in [-0.39, 0.29) is 49.3 Å². The van der Waals surface area contributed by atoms with E-state index in [0.717, 1.165) is 92.9 Å². The smallest absolute Gasteiger partial charge is 0.162 e. The summed E-state index contributed by atoms with van der Waals surface area (Å²) in [4.78, 5) is 20.9. The molecule has 0 unspecified atom stereocenters. The zero-order chi connectivity index (χ0) is 47.7. The molecule has 67 heavy (non-hydrogen) atoms. The fourth-order valence-electron chi connectivity index (χ4n) is 8.97. The van der Waals surface area contributed by atoms with Crippen molar-refractivity contribution in [3.05, 3.63) is 155 Å². The van der Waals surface area contributed by atoms with Crippen molar-refractivity contribution in [2.45, 2.75) is 115 Å². The van der Waals surface area contributed by atoms with Gasteiger partial charge in [-0.2, -0.15) is 0 Å². The average molecular weight is 1080 g/mol. The molecule has 8 rings (SSSR count). The molecule has 353 valence electrons. The van der Waals surface area contributed by atoms with Crippen molar-refractivity contribution in [1.82, 2.24) is 9.97 Å². The number of allylic oxidation sites excluding steroid dienone is 2. The second-order valence-corrected chi connectivity index (χ2v) is 18.6. The minimum absolute atomic E-state index is 0. The summed E-state index contributed by atoms with van der Waals surface area (Å²) in [5.41, 5.74) is 10.7. The topological polar surface area (TPSA) is 76.2 Å². The molecule has 1 N–H and O–H groups in total. The van der Waals surface area contributed by atoms with Gasteiger partial charge in [0.1, 0.15) is 11.4 Å². The molecule has 1 radical (unpaired) electrons. The van der Waals surface area contributed by atoms with Gasteiger partial charge in [-0.15, -0.1) is 52.6 Å². The van der Waals surface area contributed by atoms with Crippen molar-refractivity contribution in [3.63, 3.8) is 0 Å². The number of aliphatic hydroxyl groups excluding tert-OH is 1. The predicted octanol–water partition coefficient (Wildman–Crippen LogP) is 16.6. The molecule has 0 amide bonds. The molecular formula is C60H67FIrN2O3-2. The number of fused-ring (bicyclic) bond motifs is 5. The van der Waals surface area contributed by atoms with E-state index in [1.165, 1.54) is 28.0 Å². The molecule has 0 saturated carbocycles. The van der Waals surface area contributed by atoms with Crippen LogP contribution in [0.3, 0.4) is 0 Å². The summed E-state index contributed by atoms with van der Waals surface area (Å²) in [6.07, 6.45) is 10.3. The summed E-state index contributed by atoms with van der Waals surface area (Å²) in [6.45, 7) is 23.0. The van der Waals surface area contributed by atoms with Crippen LogP contribution in [-0.4, -0.2) is 20.9 Å². The number of furan rings is 1. The second kappa shape index (κ2) is 24.0. The van der Waals surface area contributed by atoms with Crippen molar-refractivity contribution in [2.24, 2.45) is 23.7 Å². The first-order valence-electron chi connectivity index (χ1n) is 23.9. The summed E-state index contributed by atoms with van der Waals surface area (Å²) in [7, 11) is 0. The number of ketones is 1. The van der Waals surface area contributed by atoms with Crippen LogP contribution in [0.25, 0.3) is 66.0 Å². The van der Waals surface area contributed by atoms with Crippen molar-refractivity contribution in [3.8, 4) is 22.5 Å². The number of hydrogen-bond donors (Lipinski definition) is 1. The fraction of sp³-hybridized carbons (Fsp3) is 0.350. The number of para-hydroxylation sites is 1. The van der Waals surface area contributed by atoms with Gasteiger partial charge in [0.05, 0.1) is 11.3 Å². The summed E-state index contributed by atoms with van der Waals surface area (Å²) in [5.74, 6) is 1.45. The number of nitrogens with zero attached hydrogens (tertiary/aromatic N) is 2. The molecule has 5 aromatic carbocycles. The van der Waals surface area contributed by atoms with E-state index in [1.54, 1.807) is 12.3 Å². The molecule has 0 fully saturated rings. The number of aliphatic hydroxyl groups is 1. The van der Waals surface area contributed by atoms with Gasteiger partial charge in [-0.1, -0.05) is 136 Å². The zero-order valence-electron chi connectivity index (χ0n) is 41.2. The third-order valence-electron chi connectivity index (χ3n) is 12.3. The molecule has 0 aliphatic rings. The predicted molar refractivity (Wildman–Crippen MR) is 274 cm³/mol. The molecule has 7 heteroatoms. The maximum Gasteiger partial charge on any atom is 0.162 e. The van der Waals surface area contributed by atoms with Crippen LogP contribution in [0.15, 0.2) is 114 Å². The van der Waals surface area contributed by atoms with Gasteiger partial charge in [0.15, 0.2) is 5.78 Å². The second-order valence-electron chi connectivity index (χ2n) is 18.6. The Bertz CT molecular complexity index is 2960. The molecule has 0 atom stereocenters. The van der Waals surface area contributed by atoms with Crippen LogP contribution in [0.5, 0.6) is 0 Å². The van der Waals surface area contributed by atoms with Gasteiger partial charge < -0.3 is 19.5 Å². The van der Waals surface area contributed by atoms with E-state index in [2.05, 4.69) is 112 Å². The van der Waals surface area contributed by atoms with Crippen LogP contribution in [0.1, 0.15) is 109 Å². The Balaban J connectivity index is 0.000000198. The van der Waals surface area contributed by atoms with Gasteiger partial charge >= 0.3 is 0 Å². The number of pyridine rings is 2. The van der Waals surface area contributed by atoms with Gasteiger partial charge in [0, 0.05) is 61.2 Å². The Morgan fingerprint density at radius 1 is 0.687 bits per heavy atom. The van der Waals surface area contributed by atoms with Gasteiger partial charge in [-0.25, -0.2) is 4.39 Å². The molecule has 0 saturated heterocycles. The summed E-state index contributed by atoms with van der Waals surface area (Å²) in [6, 6.07) is 35.7. The van der Waals surface area contributed by atoms with Gasteiger partial charge in [-0.05, 0) is 107 Å². The number of hydrogen-bond acceptors (Lipinski definition) is 5. The number of aromatic nitrogens is 2. The number of benzene rings is 5. The van der Waals surface area contributed by atoms with E-state index in [0.29, 0.717) is 29.3 Å². The van der Waals surface area contributed by atoms with Gasteiger partial charge in [-0.3, -0.25) is 4.79 Å². The third kappa shape index (κ3) is 12.7. The first-order chi connectivity index (χ1) is 31.6. The summed E-state index contributed by atoms with van der Waals surface area (Å²) < 4.78 is 21.4. The standard InChI is InChI=1S/C26H21FNO.C21H22N.C13H24O2.Ir/c1-15(2)12-17-8-9-20-19(24(17)27)10-11-28-25(20)22-14-16(3)13-21-18-6-4-5-7-23(18)29-26(21)22;1-14(2)9-17-5-6-20-18(13-17)7-8-22-21(20)19-11-15(3)10-16(4)12-19;1-5-10(6-2)12(14)9-13(15)11(7-3)8-4;/h4-11,13,15H,12H2,1-3H3;5-8,10-11,13-14H,9H2,1-4H3;9-11,14H,5-8H2,1-4H3;/q2*-1;;/b;;12-9-;. The molecule has 5 nitrogen and oxygen atoms in total. The Labute approximate surface area is 411 Å². The van der Waals surface area contributed by atoms with E-state index in [1.807, 2.05) is 71.1 Å². The van der Waals surface area contributed by atoms with Crippen molar-refractivity contribution in [2.75, 3.05) is 0 Å². The number of rotatable bonds is 13. The molecule has 8 aromatic rings. The number of carbonyl (C=O) groups excluding carboxylic acids is 1. The van der Waals surface area contributed by atoms with Crippen LogP contribution in [-0.2, 0) is 37.7 Å². The minimum Gasteiger partial charge on any atom is -0.512 e. The molecule has 3 aromatic heterocycles. The fourth-order valence-corrected chi connectivity index (χ4v) is 8.97.